The molecule has 1 aromatic heterocycles. The van der Waals surface area contributed by atoms with Crippen LogP contribution in [0.15, 0.2) is 47.1 Å². The van der Waals surface area contributed by atoms with E-state index in [0.717, 1.165) is 19.6 Å². The van der Waals surface area contributed by atoms with Crippen molar-refractivity contribution in [3.8, 4) is 0 Å². The van der Waals surface area contributed by atoms with E-state index in [1.807, 2.05) is 44.7 Å². The number of carbonyl (C=O) groups excluding carboxylic acids is 3. The van der Waals surface area contributed by atoms with Gasteiger partial charge in [0.15, 0.2) is 11.5 Å². The average molecular weight is 471 g/mol. The van der Waals surface area contributed by atoms with Crippen LogP contribution in [0.4, 0.5) is 0 Å². The van der Waals surface area contributed by atoms with Crippen molar-refractivity contribution in [2.75, 3.05) is 32.7 Å². The van der Waals surface area contributed by atoms with Crippen LogP contribution >= 0.6 is 0 Å². The Morgan fingerprint density at radius 3 is 2.41 bits per heavy atom. The van der Waals surface area contributed by atoms with Crippen LogP contribution in [0, 0.1) is 5.92 Å². The van der Waals surface area contributed by atoms with Gasteiger partial charge in [-0.3, -0.25) is 19.3 Å². The van der Waals surface area contributed by atoms with Crippen LogP contribution in [0.2, 0.25) is 0 Å². The molecule has 1 rings (SSSR count). The maximum absolute atomic E-state index is 13.0. The molecule has 0 bridgehead atoms. The first-order valence-electron chi connectivity index (χ1n) is 11.7. The molecule has 0 aliphatic carbocycles. The van der Waals surface area contributed by atoms with E-state index >= 15 is 0 Å². The van der Waals surface area contributed by atoms with Gasteiger partial charge >= 0.3 is 0 Å². The van der Waals surface area contributed by atoms with E-state index in [1.54, 1.807) is 18.2 Å². The van der Waals surface area contributed by atoms with Crippen molar-refractivity contribution in [3.05, 3.63) is 59.5 Å². The van der Waals surface area contributed by atoms with Gasteiger partial charge in [-0.25, -0.2) is 0 Å². The molecule has 1 unspecified atom stereocenters. The minimum atomic E-state index is -1.08. The SMILES string of the molecule is C=C/C=C\C(=C/C)CN(CC)CCN(CC)C(=O)C(C)/C=C\c1onc(C(=O)C(N)=O)c1CC. The second-order valence-electron chi connectivity index (χ2n) is 7.81. The molecule has 0 aromatic carbocycles. The lowest BCUT2D eigenvalue weighted by atomic mass is 10.0. The zero-order valence-electron chi connectivity index (χ0n) is 21.0. The molecule has 2 N–H and O–H groups in total. The first-order valence-corrected chi connectivity index (χ1v) is 11.7. The number of amides is 2. The van der Waals surface area contributed by atoms with Crippen molar-refractivity contribution >= 4 is 23.7 Å². The Morgan fingerprint density at radius 1 is 1.18 bits per heavy atom. The Morgan fingerprint density at radius 2 is 1.88 bits per heavy atom. The highest BCUT2D eigenvalue weighted by molar-refractivity contribution is 6.42. The molecule has 186 valence electrons. The smallest absolute Gasteiger partial charge is 0.291 e. The number of primary amides is 1. The number of Topliss-reactive ketones (excluding diaryl/α,β-unsaturated/α-hetero) is 1. The Bertz CT molecular complexity index is 943. The van der Waals surface area contributed by atoms with Crippen molar-refractivity contribution in [2.24, 2.45) is 11.7 Å². The molecule has 0 aliphatic heterocycles. The van der Waals surface area contributed by atoms with Crippen LogP contribution in [0.25, 0.3) is 6.08 Å². The number of likely N-dealkylation sites (N-methyl/N-ethyl adjacent to an activating group) is 2. The van der Waals surface area contributed by atoms with Gasteiger partial charge in [0, 0.05) is 31.7 Å². The van der Waals surface area contributed by atoms with E-state index in [0.29, 0.717) is 30.8 Å². The van der Waals surface area contributed by atoms with Gasteiger partial charge in [-0.1, -0.05) is 62.9 Å². The Labute approximate surface area is 202 Å². The first kappa shape index (κ1) is 28.8. The summed E-state index contributed by atoms with van der Waals surface area (Å²) >= 11 is 0. The highest BCUT2D eigenvalue weighted by Crippen LogP contribution is 2.19. The first-order chi connectivity index (χ1) is 16.2. The van der Waals surface area contributed by atoms with Crippen molar-refractivity contribution in [2.45, 2.75) is 41.0 Å². The Kier molecular flexibility index (Phi) is 12.5. The summed E-state index contributed by atoms with van der Waals surface area (Å²) in [5.41, 5.74) is 6.69. The highest BCUT2D eigenvalue weighted by atomic mass is 16.5. The highest BCUT2D eigenvalue weighted by Gasteiger charge is 2.24. The minimum absolute atomic E-state index is 0.00128. The summed E-state index contributed by atoms with van der Waals surface area (Å²) in [5, 5.41) is 3.70. The number of ketones is 1. The molecule has 0 spiro atoms. The monoisotopic (exact) mass is 470 g/mol. The van der Waals surface area contributed by atoms with E-state index in [9.17, 15) is 14.4 Å². The molecule has 0 aliphatic rings. The van der Waals surface area contributed by atoms with Gasteiger partial charge in [0.2, 0.25) is 5.91 Å². The molecule has 1 atom stereocenters. The van der Waals surface area contributed by atoms with E-state index in [1.165, 1.54) is 5.57 Å². The molecule has 2 amide bonds. The predicted octanol–water partition coefficient (Wildman–Crippen LogP) is 3.41. The van der Waals surface area contributed by atoms with Gasteiger partial charge < -0.3 is 15.2 Å². The van der Waals surface area contributed by atoms with Crippen LogP contribution < -0.4 is 5.73 Å². The second kappa shape index (κ2) is 14.8. The maximum Gasteiger partial charge on any atom is 0.291 e. The number of hydrogen-bond donors (Lipinski definition) is 1. The fourth-order valence-electron chi connectivity index (χ4n) is 3.42. The fraction of sp³-hybridized carbons (Fsp3) is 0.462. The van der Waals surface area contributed by atoms with Crippen LogP contribution in [0.1, 0.15) is 56.4 Å². The third kappa shape index (κ3) is 8.26. The number of carbonyl (C=O) groups is 3. The van der Waals surface area contributed by atoms with Gasteiger partial charge in [-0.05, 0) is 38.5 Å². The topological polar surface area (TPSA) is 110 Å². The summed E-state index contributed by atoms with van der Waals surface area (Å²) in [4.78, 5) is 40.3. The molecule has 8 heteroatoms. The van der Waals surface area contributed by atoms with Gasteiger partial charge in [-0.15, -0.1) is 0 Å². The van der Waals surface area contributed by atoms with Gasteiger partial charge in [0.05, 0.1) is 5.92 Å². The number of allylic oxidation sites excluding steroid dienone is 3. The lowest BCUT2D eigenvalue weighted by Gasteiger charge is -2.28. The van der Waals surface area contributed by atoms with Crippen molar-refractivity contribution in [1.29, 1.82) is 0 Å². The molecule has 0 radical (unpaired) electrons. The zero-order valence-corrected chi connectivity index (χ0v) is 21.0. The molecule has 34 heavy (non-hydrogen) atoms. The zero-order chi connectivity index (χ0) is 25.7. The molecular formula is C26H38N4O4. The summed E-state index contributed by atoms with van der Waals surface area (Å²) in [6.07, 6.45) is 11.6. The normalized spacial score (nSPS) is 13.1. The molecule has 1 heterocycles. The quantitative estimate of drug-likeness (QED) is 0.239. The van der Waals surface area contributed by atoms with Crippen LogP contribution in [-0.2, 0) is 16.0 Å². The van der Waals surface area contributed by atoms with Crippen molar-refractivity contribution in [1.82, 2.24) is 15.0 Å². The van der Waals surface area contributed by atoms with E-state index < -0.39 is 17.6 Å². The average Bonchev–Trinajstić information content (AvgIpc) is 3.25. The van der Waals surface area contributed by atoms with E-state index in [2.05, 4.69) is 29.6 Å². The molecule has 0 fully saturated rings. The van der Waals surface area contributed by atoms with E-state index in [4.69, 9.17) is 10.3 Å². The summed E-state index contributed by atoms with van der Waals surface area (Å²) in [7, 11) is 0. The molecule has 8 nitrogen and oxygen atoms in total. The van der Waals surface area contributed by atoms with Gasteiger partial charge in [-0.2, -0.15) is 0 Å². The maximum atomic E-state index is 13.0. The number of rotatable bonds is 15. The summed E-state index contributed by atoms with van der Waals surface area (Å²) in [6, 6.07) is 0. The third-order valence-electron chi connectivity index (χ3n) is 5.59. The lowest BCUT2D eigenvalue weighted by molar-refractivity contribution is -0.133. The Balaban J connectivity index is 2.84. The van der Waals surface area contributed by atoms with Gasteiger partial charge in [0.25, 0.3) is 11.7 Å². The van der Waals surface area contributed by atoms with E-state index in [-0.39, 0.29) is 11.6 Å². The summed E-state index contributed by atoms with van der Waals surface area (Å²) < 4.78 is 5.23. The number of aromatic nitrogens is 1. The molecular weight excluding hydrogens is 432 g/mol. The largest absolute Gasteiger partial charge is 0.363 e. The van der Waals surface area contributed by atoms with Crippen LogP contribution in [-0.4, -0.2) is 65.3 Å². The lowest BCUT2D eigenvalue weighted by Crippen LogP contribution is -2.41. The summed E-state index contributed by atoms with van der Waals surface area (Å²) in [5.74, 6) is -2.03. The number of hydrogen-bond acceptors (Lipinski definition) is 6. The summed E-state index contributed by atoms with van der Waals surface area (Å²) in [6.45, 7) is 17.1. The van der Waals surface area contributed by atoms with Gasteiger partial charge in [0.1, 0.15) is 0 Å². The van der Waals surface area contributed by atoms with Crippen molar-refractivity contribution < 1.29 is 18.9 Å². The second-order valence-corrected chi connectivity index (χ2v) is 7.81. The number of nitrogens with two attached hydrogens (primary N) is 1. The fourth-order valence-corrected chi connectivity index (χ4v) is 3.42. The standard InChI is InChI=1S/C26H38N4O4/c1-7-12-13-20(8-2)18-29(10-4)16-17-30(11-5)26(33)19(6)14-15-22-21(9-3)23(28-34-22)24(31)25(27)32/h7-8,12-15,19H,1,9-11,16-18H2,2-6H3,(H2,27,32)/b13-12-,15-14-,20-8+. The predicted molar refractivity (Wildman–Crippen MR) is 135 cm³/mol. The third-order valence-corrected chi connectivity index (χ3v) is 5.59. The van der Waals surface area contributed by atoms with Crippen LogP contribution in [0.3, 0.4) is 0 Å². The Hall–Kier alpha value is -3.26. The van der Waals surface area contributed by atoms with Crippen molar-refractivity contribution in [3.63, 3.8) is 0 Å². The minimum Gasteiger partial charge on any atom is -0.363 e. The molecule has 1 aromatic rings. The number of nitrogens with zero attached hydrogens (tertiary/aromatic N) is 3. The molecule has 0 saturated carbocycles. The molecule has 0 saturated heterocycles. The van der Waals surface area contributed by atoms with Crippen LogP contribution in [0.5, 0.6) is 0 Å².